The highest BCUT2D eigenvalue weighted by Gasteiger charge is 2.23. The van der Waals surface area contributed by atoms with Gasteiger partial charge in [0.25, 0.3) is 0 Å². The fourth-order valence-electron chi connectivity index (χ4n) is 2.92. The Morgan fingerprint density at radius 3 is 3.00 bits per heavy atom. The second-order valence-corrected chi connectivity index (χ2v) is 5.58. The highest BCUT2D eigenvalue weighted by atomic mass is 15.3. The van der Waals surface area contributed by atoms with E-state index in [-0.39, 0.29) is 0 Å². The largest absolute Gasteiger partial charge is 0.314 e. The number of hydrogen-bond acceptors (Lipinski definition) is 4. The summed E-state index contributed by atoms with van der Waals surface area (Å²) in [7, 11) is 0. The SMILES string of the molecule is CCCn1cc(CN2CCNCC2c2ccncc2)cn1. The van der Waals surface area contributed by atoms with Crippen LogP contribution in [0.15, 0.2) is 36.9 Å². The summed E-state index contributed by atoms with van der Waals surface area (Å²) >= 11 is 0. The zero-order valence-electron chi connectivity index (χ0n) is 12.6. The van der Waals surface area contributed by atoms with Crippen LogP contribution in [0.2, 0.25) is 0 Å². The summed E-state index contributed by atoms with van der Waals surface area (Å²) in [5.41, 5.74) is 2.63. The predicted molar refractivity (Wildman–Crippen MR) is 82.8 cm³/mol. The van der Waals surface area contributed by atoms with Crippen LogP contribution >= 0.6 is 0 Å². The van der Waals surface area contributed by atoms with Gasteiger partial charge in [-0.1, -0.05) is 6.92 Å². The van der Waals surface area contributed by atoms with Crippen molar-refractivity contribution in [2.24, 2.45) is 0 Å². The smallest absolute Gasteiger partial charge is 0.0534 e. The first-order valence-electron chi connectivity index (χ1n) is 7.73. The van der Waals surface area contributed by atoms with E-state index in [1.54, 1.807) is 0 Å². The quantitative estimate of drug-likeness (QED) is 0.910. The van der Waals surface area contributed by atoms with Crippen LogP contribution in [0.4, 0.5) is 0 Å². The number of pyridine rings is 1. The minimum absolute atomic E-state index is 0.413. The topological polar surface area (TPSA) is 46.0 Å². The van der Waals surface area contributed by atoms with Crippen molar-refractivity contribution in [1.82, 2.24) is 25.0 Å². The first-order chi connectivity index (χ1) is 10.4. The van der Waals surface area contributed by atoms with Crippen LogP contribution in [0.3, 0.4) is 0 Å². The number of rotatable bonds is 5. The van der Waals surface area contributed by atoms with Gasteiger partial charge in [0.05, 0.1) is 6.20 Å². The third-order valence-electron chi connectivity index (χ3n) is 3.97. The van der Waals surface area contributed by atoms with Crippen molar-refractivity contribution in [3.8, 4) is 0 Å². The van der Waals surface area contributed by atoms with Gasteiger partial charge < -0.3 is 5.32 Å². The molecule has 0 spiro atoms. The fourth-order valence-corrected chi connectivity index (χ4v) is 2.92. The average Bonchev–Trinajstić information content (AvgIpc) is 2.96. The third-order valence-corrected chi connectivity index (χ3v) is 3.97. The molecule has 3 heterocycles. The number of aromatic nitrogens is 3. The summed E-state index contributed by atoms with van der Waals surface area (Å²) < 4.78 is 2.04. The number of nitrogens with zero attached hydrogens (tertiary/aromatic N) is 4. The molecule has 1 N–H and O–H groups in total. The van der Waals surface area contributed by atoms with Crippen molar-refractivity contribution in [1.29, 1.82) is 0 Å². The maximum atomic E-state index is 4.43. The number of hydrogen-bond donors (Lipinski definition) is 1. The van der Waals surface area contributed by atoms with Gasteiger partial charge >= 0.3 is 0 Å². The lowest BCUT2D eigenvalue weighted by Crippen LogP contribution is -2.45. The van der Waals surface area contributed by atoms with Gasteiger partial charge in [-0.3, -0.25) is 14.6 Å². The van der Waals surface area contributed by atoms with Crippen LogP contribution in [0.5, 0.6) is 0 Å². The number of nitrogens with one attached hydrogen (secondary N) is 1. The standard InChI is InChI=1S/C16H23N5/c1-2-8-21-13-14(10-19-21)12-20-9-7-18-11-16(20)15-3-5-17-6-4-15/h3-6,10,13,16,18H,2,7-9,11-12H2,1H3. The van der Waals surface area contributed by atoms with Crippen LogP contribution in [0, 0.1) is 0 Å². The van der Waals surface area contributed by atoms with E-state index in [9.17, 15) is 0 Å². The van der Waals surface area contributed by atoms with Crippen molar-refractivity contribution in [2.75, 3.05) is 19.6 Å². The molecular weight excluding hydrogens is 262 g/mol. The molecule has 1 atom stereocenters. The van der Waals surface area contributed by atoms with E-state index < -0.39 is 0 Å². The molecule has 1 fully saturated rings. The molecule has 1 unspecified atom stereocenters. The van der Waals surface area contributed by atoms with E-state index in [1.807, 2.05) is 23.3 Å². The van der Waals surface area contributed by atoms with Crippen molar-refractivity contribution in [2.45, 2.75) is 32.5 Å². The van der Waals surface area contributed by atoms with E-state index in [1.165, 1.54) is 11.1 Å². The highest BCUT2D eigenvalue weighted by Crippen LogP contribution is 2.23. The molecule has 0 aliphatic carbocycles. The van der Waals surface area contributed by atoms with E-state index in [0.717, 1.165) is 39.1 Å². The normalized spacial score (nSPS) is 19.8. The maximum absolute atomic E-state index is 4.43. The molecule has 0 bridgehead atoms. The molecule has 3 rings (SSSR count). The van der Waals surface area contributed by atoms with Crippen molar-refractivity contribution in [3.05, 3.63) is 48.0 Å². The lowest BCUT2D eigenvalue weighted by Gasteiger charge is -2.36. The summed E-state index contributed by atoms with van der Waals surface area (Å²) in [4.78, 5) is 6.65. The molecular formula is C16H23N5. The van der Waals surface area contributed by atoms with Gasteiger partial charge in [-0.25, -0.2) is 0 Å². The average molecular weight is 285 g/mol. The third kappa shape index (κ3) is 3.49. The lowest BCUT2D eigenvalue weighted by atomic mass is 10.0. The van der Waals surface area contributed by atoms with Gasteiger partial charge in [-0.2, -0.15) is 5.10 Å². The molecule has 2 aromatic heterocycles. The molecule has 1 saturated heterocycles. The van der Waals surface area contributed by atoms with Crippen molar-refractivity contribution < 1.29 is 0 Å². The molecule has 0 amide bonds. The fraction of sp³-hybridized carbons (Fsp3) is 0.500. The molecule has 5 heteroatoms. The second-order valence-electron chi connectivity index (χ2n) is 5.58. The van der Waals surface area contributed by atoms with E-state index in [2.05, 4.69) is 45.6 Å². The number of piperazine rings is 1. The molecule has 21 heavy (non-hydrogen) atoms. The Bertz CT molecular complexity index is 551. The molecule has 0 saturated carbocycles. The summed E-state index contributed by atoms with van der Waals surface area (Å²) in [5.74, 6) is 0. The Kier molecular flexibility index (Phi) is 4.62. The van der Waals surface area contributed by atoms with E-state index in [0.29, 0.717) is 6.04 Å². The zero-order chi connectivity index (χ0) is 14.5. The Hall–Kier alpha value is -1.72. The van der Waals surface area contributed by atoms with E-state index in [4.69, 9.17) is 0 Å². The first kappa shape index (κ1) is 14.2. The summed E-state index contributed by atoms with van der Waals surface area (Å²) in [6, 6.07) is 4.65. The summed E-state index contributed by atoms with van der Waals surface area (Å²) in [5, 5.41) is 7.93. The lowest BCUT2D eigenvalue weighted by molar-refractivity contribution is 0.153. The van der Waals surface area contributed by atoms with Gasteiger partial charge in [-0.15, -0.1) is 0 Å². The predicted octanol–water partition coefficient (Wildman–Crippen LogP) is 1.83. The van der Waals surface area contributed by atoms with Crippen molar-refractivity contribution in [3.63, 3.8) is 0 Å². The minimum atomic E-state index is 0.413. The minimum Gasteiger partial charge on any atom is -0.314 e. The van der Waals surface area contributed by atoms with Crippen LogP contribution in [-0.2, 0) is 13.1 Å². The van der Waals surface area contributed by atoms with Gasteiger partial charge in [0.2, 0.25) is 0 Å². The molecule has 0 aromatic carbocycles. The van der Waals surface area contributed by atoms with Gasteiger partial charge in [0, 0.05) is 62.9 Å². The second kappa shape index (κ2) is 6.83. The Morgan fingerprint density at radius 1 is 1.33 bits per heavy atom. The molecule has 0 radical (unpaired) electrons. The molecule has 5 nitrogen and oxygen atoms in total. The van der Waals surface area contributed by atoms with Crippen LogP contribution in [-0.4, -0.2) is 39.3 Å². The maximum Gasteiger partial charge on any atom is 0.0534 e. The summed E-state index contributed by atoms with van der Waals surface area (Å²) in [6.07, 6.45) is 9.05. The number of aryl methyl sites for hydroxylation is 1. The zero-order valence-corrected chi connectivity index (χ0v) is 12.6. The summed E-state index contributed by atoms with van der Waals surface area (Å²) in [6.45, 7) is 7.23. The highest BCUT2D eigenvalue weighted by molar-refractivity contribution is 5.17. The molecule has 1 aliphatic rings. The van der Waals surface area contributed by atoms with Gasteiger partial charge in [0.1, 0.15) is 0 Å². The molecule has 2 aromatic rings. The van der Waals surface area contributed by atoms with Crippen LogP contribution < -0.4 is 5.32 Å². The Labute approximate surface area is 126 Å². The van der Waals surface area contributed by atoms with Crippen LogP contribution in [0.25, 0.3) is 0 Å². The van der Waals surface area contributed by atoms with Crippen molar-refractivity contribution >= 4 is 0 Å². The van der Waals surface area contributed by atoms with Gasteiger partial charge in [0.15, 0.2) is 0 Å². The Morgan fingerprint density at radius 2 is 2.19 bits per heavy atom. The van der Waals surface area contributed by atoms with Crippen LogP contribution in [0.1, 0.15) is 30.5 Å². The first-order valence-corrected chi connectivity index (χ1v) is 7.73. The van der Waals surface area contributed by atoms with Gasteiger partial charge in [-0.05, 0) is 24.1 Å². The molecule has 112 valence electrons. The Balaban J connectivity index is 1.72. The molecule has 1 aliphatic heterocycles. The van der Waals surface area contributed by atoms with E-state index >= 15 is 0 Å². The monoisotopic (exact) mass is 285 g/mol.